The van der Waals surface area contributed by atoms with Crippen LogP contribution in [0.15, 0.2) is 78.9 Å². The van der Waals surface area contributed by atoms with Gasteiger partial charge in [0, 0.05) is 10.1 Å². The number of thiophene rings is 1. The van der Waals surface area contributed by atoms with Crippen LogP contribution in [0.5, 0.6) is 17.2 Å². The van der Waals surface area contributed by atoms with E-state index in [0.717, 1.165) is 22.8 Å². The van der Waals surface area contributed by atoms with Gasteiger partial charge in [-0.1, -0.05) is 56.3 Å². The largest absolute Gasteiger partial charge is 0.489 e. The second kappa shape index (κ2) is 7.85. The summed E-state index contributed by atoms with van der Waals surface area (Å²) in [6.07, 6.45) is 0. The number of ether oxygens (including phenoxy) is 2. The van der Waals surface area contributed by atoms with E-state index < -0.39 is 0 Å². The highest BCUT2D eigenvalue weighted by Gasteiger charge is 2.16. The summed E-state index contributed by atoms with van der Waals surface area (Å²) in [5.41, 5.74) is 1.16. The van der Waals surface area contributed by atoms with Crippen molar-refractivity contribution in [1.29, 1.82) is 0 Å². The first-order valence-corrected chi connectivity index (χ1v) is 9.98. The van der Waals surface area contributed by atoms with E-state index in [2.05, 4.69) is 50.2 Å². The number of benzene rings is 3. The molecule has 0 bridgehead atoms. The third-order valence-electron chi connectivity index (χ3n) is 4.39. The normalized spacial score (nSPS) is 11.1. The Hall–Kier alpha value is -2.78. The molecular formula is C24H22O2S. The molecule has 2 nitrogen and oxygen atoms in total. The van der Waals surface area contributed by atoms with E-state index in [1.165, 1.54) is 15.0 Å². The quantitative estimate of drug-likeness (QED) is 0.350. The average molecular weight is 375 g/mol. The first kappa shape index (κ1) is 17.6. The Kier molecular flexibility index (Phi) is 5.12. The Balaban J connectivity index is 1.52. The van der Waals surface area contributed by atoms with Gasteiger partial charge < -0.3 is 9.47 Å². The van der Waals surface area contributed by atoms with Gasteiger partial charge in [0.1, 0.15) is 23.9 Å². The molecule has 4 aromatic rings. The lowest BCUT2D eigenvalue weighted by atomic mass is 10.1. The monoisotopic (exact) mass is 374 g/mol. The molecule has 0 amide bonds. The molecule has 0 saturated carbocycles. The van der Waals surface area contributed by atoms with Crippen molar-refractivity contribution in [3.8, 4) is 17.2 Å². The Morgan fingerprint density at radius 1 is 0.778 bits per heavy atom. The van der Waals surface area contributed by atoms with Gasteiger partial charge in [0.2, 0.25) is 0 Å². The van der Waals surface area contributed by atoms with Crippen LogP contribution in [0.2, 0.25) is 0 Å². The van der Waals surface area contributed by atoms with Gasteiger partial charge >= 0.3 is 0 Å². The lowest BCUT2D eigenvalue weighted by molar-refractivity contribution is 0.306. The second-order valence-corrected chi connectivity index (χ2v) is 7.88. The third kappa shape index (κ3) is 3.99. The van der Waals surface area contributed by atoms with Crippen molar-refractivity contribution in [2.24, 2.45) is 0 Å². The minimum atomic E-state index is 0.422. The van der Waals surface area contributed by atoms with Gasteiger partial charge in [0.25, 0.3) is 0 Å². The lowest BCUT2D eigenvalue weighted by Gasteiger charge is -2.11. The Morgan fingerprint density at radius 2 is 1.44 bits per heavy atom. The highest BCUT2D eigenvalue weighted by Crippen LogP contribution is 2.43. The zero-order valence-corrected chi connectivity index (χ0v) is 16.3. The van der Waals surface area contributed by atoms with Crippen molar-refractivity contribution in [3.05, 3.63) is 89.3 Å². The standard InChI is InChI=1S/C24H22O2S/c1-17(2)24-23(21-10-6-7-11-22(21)27-24)26-20-14-12-19(13-15-20)25-16-18-8-4-3-5-9-18/h3-15,17H,16H2,1-2H3. The molecule has 0 aliphatic heterocycles. The molecule has 1 aromatic heterocycles. The molecule has 0 fully saturated rings. The summed E-state index contributed by atoms with van der Waals surface area (Å²) in [6.45, 7) is 4.98. The minimum Gasteiger partial charge on any atom is -0.489 e. The molecule has 136 valence electrons. The van der Waals surface area contributed by atoms with Crippen LogP contribution in [-0.2, 0) is 6.61 Å². The highest BCUT2D eigenvalue weighted by molar-refractivity contribution is 7.19. The molecule has 0 aliphatic carbocycles. The summed E-state index contributed by atoms with van der Waals surface area (Å²) in [5, 5.41) is 1.18. The fourth-order valence-corrected chi connectivity index (χ4v) is 4.12. The van der Waals surface area contributed by atoms with Crippen molar-refractivity contribution in [1.82, 2.24) is 0 Å². The topological polar surface area (TPSA) is 18.5 Å². The Labute approximate surface area is 164 Å². The van der Waals surface area contributed by atoms with E-state index in [1.54, 1.807) is 0 Å². The molecular weight excluding hydrogens is 352 g/mol. The van der Waals surface area contributed by atoms with Gasteiger partial charge in [0.05, 0.1) is 4.88 Å². The number of rotatable bonds is 6. The lowest BCUT2D eigenvalue weighted by Crippen LogP contribution is -1.95. The summed E-state index contributed by atoms with van der Waals surface area (Å²) >= 11 is 1.81. The van der Waals surface area contributed by atoms with Crippen molar-refractivity contribution in [2.75, 3.05) is 0 Å². The van der Waals surface area contributed by atoms with E-state index in [9.17, 15) is 0 Å². The fraction of sp³-hybridized carbons (Fsp3) is 0.167. The first-order chi connectivity index (χ1) is 13.2. The summed E-state index contributed by atoms with van der Waals surface area (Å²) in [4.78, 5) is 1.28. The summed E-state index contributed by atoms with van der Waals surface area (Å²) in [7, 11) is 0. The molecule has 0 unspecified atom stereocenters. The molecule has 3 aromatic carbocycles. The molecule has 27 heavy (non-hydrogen) atoms. The minimum absolute atomic E-state index is 0.422. The van der Waals surface area contributed by atoms with Crippen LogP contribution >= 0.6 is 11.3 Å². The van der Waals surface area contributed by atoms with E-state index >= 15 is 0 Å². The zero-order valence-electron chi connectivity index (χ0n) is 15.5. The van der Waals surface area contributed by atoms with E-state index in [4.69, 9.17) is 9.47 Å². The number of hydrogen-bond donors (Lipinski definition) is 0. The van der Waals surface area contributed by atoms with Gasteiger partial charge in [-0.2, -0.15) is 0 Å². The Morgan fingerprint density at radius 3 is 2.19 bits per heavy atom. The van der Waals surface area contributed by atoms with Crippen molar-refractivity contribution in [2.45, 2.75) is 26.4 Å². The van der Waals surface area contributed by atoms with E-state index in [0.29, 0.717) is 12.5 Å². The van der Waals surface area contributed by atoms with Gasteiger partial charge in [-0.3, -0.25) is 0 Å². The molecule has 0 aliphatic rings. The van der Waals surface area contributed by atoms with Crippen LogP contribution < -0.4 is 9.47 Å². The third-order valence-corrected chi connectivity index (χ3v) is 5.84. The van der Waals surface area contributed by atoms with Crippen molar-refractivity contribution < 1.29 is 9.47 Å². The predicted octanol–water partition coefficient (Wildman–Crippen LogP) is 7.40. The summed E-state index contributed by atoms with van der Waals surface area (Å²) < 4.78 is 13.4. The maximum absolute atomic E-state index is 6.30. The molecule has 1 heterocycles. The Bertz CT molecular complexity index is 1020. The molecule has 0 N–H and O–H groups in total. The number of fused-ring (bicyclic) bond motifs is 1. The van der Waals surface area contributed by atoms with Crippen LogP contribution in [-0.4, -0.2) is 0 Å². The molecule has 3 heteroatoms. The SMILES string of the molecule is CC(C)c1sc2ccccc2c1Oc1ccc(OCc2ccccc2)cc1. The summed E-state index contributed by atoms with van der Waals surface area (Å²) in [5.74, 6) is 3.06. The fourth-order valence-electron chi connectivity index (χ4n) is 2.99. The van der Waals surface area contributed by atoms with Crippen LogP contribution in [0.25, 0.3) is 10.1 Å². The predicted molar refractivity (Wildman–Crippen MR) is 113 cm³/mol. The molecule has 0 saturated heterocycles. The van der Waals surface area contributed by atoms with Gasteiger partial charge in [-0.15, -0.1) is 11.3 Å². The van der Waals surface area contributed by atoms with Gasteiger partial charge in [-0.25, -0.2) is 0 Å². The van der Waals surface area contributed by atoms with Gasteiger partial charge in [0.15, 0.2) is 0 Å². The van der Waals surface area contributed by atoms with Crippen LogP contribution in [0.3, 0.4) is 0 Å². The maximum atomic E-state index is 6.30. The van der Waals surface area contributed by atoms with Gasteiger partial charge in [-0.05, 0) is 47.9 Å². The van der Waals surface area contributed by atoms with E-state index in [-0.39, 0.29) is 0 Å². The van der Waals surface area contributed by atoms with E-state index in [1.807, 2.05) is 53.8 Å². The molecule has 0 radical (unpaired) electrons. The first-order valence-electron chi connectivity index (χ1n) is 9.17. The van der Waals surface area contributed by atoms with Crippen molar-refractivity contribution in [3.63, 3.8) is 0 Å². The zero-order chi connectivity index (χ0) is 18.6. The summed E-state index contributed by atoms with van der Waals surface area (Å²) in [6, 6.07) is 26.5. The second-order valence-electron chi connectivity index (χ2n) is 6.79. The van der Waals surface area contributed by atoms with Crippen molar-refractivity contribution >= 4 is 21.4 Å². The van der Waals surface area contributed by atoms with Crippen LogP contribution in [0.1, 0.15) is 30.2 Å². The molecule has 4 rings (SSSR count). The highest BCUT2D eigenvalue weighted by atomic mass is 32.1. The smallest absolute Gasteiger partial charge is 0.149 e. The molecule has 0 atom stereocenters. The van der Waals surface area contributed by atoms with Crippen LogP contribution in [0, 0.1) is 0 Å². The average Bonchev–Trinajstić information content (AvgIpc) is 3.07. The number of hydrogen-bond acceptors (Lipinski definition) is 3. The van der Waals surface area contributed by atoms with Crippen LogP contribution in [0.4, 0.5) is 0 Å². The molecule has 0 spiro atoms. The maximum Gasteiger partial charge on any atom is 0.149 e.